The van der Waals surface area contributed by atoms with E-state index in [1.165, 1.54) is 55.3 Å². The van der Waals surface area contributed by atoms with E-state index in [1.807, 2.05) is 0 Å². The van der Waals surface area contributed by atoms with E-state index in [-0.39, 0.29) is 5.41 Å². The molecule has 51 heavy (non-hydrogen) atoms. The van der Waals surface area contributed by atoms with Crippen LogP contribution < -0.4 is 4.90 Å². The Hall–Kier alpha value is -6.38. The Morgan fingerprint density at radius 3 is 1.82 bits per heavy atom. The smallest absolute Gasteiger partial charge is 0.137 e. The normalized spacial score (nSPS) is 13.1. The minimum absolute atomic E-state index is 0.122. The summed E-state index contributed by atoms with van der Waals surface area (Å²) in [6.45, 7) is 4.70. The molecule has 0 atom stereocenters. The highest BCUT2D eigenvalue weighted by molar-refractivity contribution is 6.25. The van der Waals surface area contributed by atoms with Crippen molar-refractivity contribution in [1.82, 2.24) is 0 Å². The highest BCUT2D eigenvalue weighted by atomic mass is 16.3. The van der Waals surface area contributed by atoms with Crippen molar-refractivity contribution in [1.29, 1.82) is 0 Å². The van der Waals surface area contributed by atoms with Gasteiger partial charge < -0.3 is 9.32 Å². The first-order valence-corrected chi connectivity index (χ1v) is 17.7. The summed E-state index contributed by atoms with van der Waals surface area (Å²) in [5, 5.41) is 4.64. The van der Waals surface area contributed by atoms with E-state index in [9.17, 15) is 0 Å². The monoisotopic (exact) mass is 653 g/mol. The Morgan fingerprint density at radius 2 is 1.04 bits per heavy atom. The third-order valence-corrected chi connectivity index (χ3v) is 10.9. The molecule has 0 amide bonds. The number of rotatable bonds is 5. The number of furan rings is 1. The second-order valence-corrected chi connectivity index (χ2v) is 14.1. The average Bonchev–Trinajstić information content (AvgIpc) is 3.68. The Morgan fingerprint density at radius 1 is 0.412 bits per heavy atom. The van der Waals surface area contributed by atoms with Gasteiger partial charge in [-0.25, -0.2) is 0 Å². The second-order valence-electron chi connectivity index (χ2n) is 14.1. The molecular formula is C49H35NO. The van der Waals surface area contributed by atoms with E-state index in [4.69, 9.17) is 4.42 Å². The van der Waals surface area contributed by atoms with Crippen LogP contribution in [0.4, 0.5) is 17.1 Å². The van der Waals surface area contributed by atoms with Crippen molar-refractivity contribution >= 4 is 49.8 Å². The lowest BCUT2D eigenvalue weighted by molar-refractivity contribution is 0.660. The SMILES string of the molecule is CC1(C)c2ccccc2-c2ccc(N(c3ccc(-c4ccccc4)cc3)c3cccc4oc5cc(-c6ccccc6)c6ccccc6c5c34)cc21. The fraction of sp³-hybridized carbons (Fsp3) is 0.0612. The number of hydrogen-bond donors (Lipinski definition) is 0. The van der Waals surface area contributed by atoms with Crippen LogP contribution in [0.1, 0.15) is 25.0 Å². The summed E-state index contributed by atoms with van der Waals surface area (Å²) in [5.41, 5.74) is 15.0. The molecule has 0 fully saturated rings. The van der Waals surface area contributed by atoms with Gasteiger partial charge in [-0.05, 0) is 97.7 Å². The molecule has 0 spiro atoms. The van der Waals surface area contributed by atoms with Gasteiger partial charge in [0.05, 0.1) is 11.1 Å². The fourth-order valence-electron chi connectivity index (χ4n) is 8.40. The number of fused-ring (bicyclic) bond motifs is 8. The molecule has 0 saturated carbocycles. The van der Waals surface area contributed by atoms with E-state index in [0.29, 0.717) is 0 Å². The summed E-state index contributed by atoms with van der Waals surface area (Å²) in [6, 6.07) is 63.5. The van der Waals surface area contributed by atoms with Gasteiger partial charge in [-0.3, -0.25) is 0 Å². The molecule has 0 aliphatic heterocycles. The summed E-state index contributed by atoms with van der Waals surface area (Å²) in [5.74, 6) is 0. The van der Waals surface area contributed by atoms with Gasteiger partial charge in [0.25, 0.3) is 0 Å². The first-order valence-electron chi connectivity index (χ1n) is 17.7. The number of benzene rings is 8. The lowest BCUT2D eigenvalue weighted by atomic mass is 9.82. The van der Waals surface area contributed by atoms with Crippen molar-refractivity contribution in [2.45, 2.75) is 19.3 Å². The van der Waals surface area contributed by atoms with Gasteiger partial charge in [-0.1, -0.05) is 147 Å². The van der Waals surface area contributed by atoms with Crippen LogP contribution in [0.25, 0.3) is 66.1 Å². The molecule has 1 heterocycles. The van der Waals surface area contributed by atoms with Crippen molar-refractivity contribution in [3.63, 3.8) is 0 Å². The van der Waals surface area contributed by atoms with Crippen LogP contribution in [0.15, 0.2) is 180 Å². The molecular weight excluding hydrogens is 619 g/mol. The minimum Gasteiger partial charge on any atom is -0.456 e. The Balaban J connectivity index is 1.24. The third kappa shape index (κ3) is 4.57. The van der Waals surface area contributed by atoms with Crippen molar-refractivity contribution in [3.05, 3.63) is 187 Å². The molecule has 0 unspecified atom stereocenters. The van der Waals surface area contributed by atoms with Gasteiger partial charge in [0, 0.05) is 22.2 Å². The third-order valence-electron chi connectivity index (χ3n) is 10.9. The van der Waals surface area contributed by atoms with Crippen LogP contribution >= 0.6 is 0 Å². The van der Waals surface area contributed by atoms with Crippen LogP contribution in [-0.2, 0) is 5.41 Å². The van der Waals surface area contributed by atoms with Gasteiger partial charge in [-0.2, -0.15) is 0 Å². The van der Waals surface area contributed by atoms with Crippen molar-refractivity contribution in [3.8, 4) is 33.4 Å². The quantitative estimate of drug-likeness (QED) is 0.184. The molecule has 0 N–H and O–H groups in total. The van der Waals surface area contributed by atoms with E-state index in [2.05, 4.69) is 195 Å². The number of anilines is 3. The summed E-state index contributed by atoms with van der Waals surface area (Å²) in [7, 11) is 0. The fourth-order valence-corrected chi connectivity index (χ4v) is 8.40. The number of hydrogen-bond acceptors (Lipinski definition) is 2. The lowest BCUT2D eigenvalue weighted by Gasteiger charge is -2.29. The zero-order valence-corrected chi connectivity index (χ0v) is 28.6. The van der Waals surface area contributed by atoms with E-state index < -0.39 is 0 Å². The van der Waals surface area contributed by atoms with Crippen LogP contribution in [0.2, 0.25) is 0 Å². The van der Waals surface area contributed by atoms with Crippen LogP contribution in [0, 0.1) is 0 Å². The van der Waals surface area contributed by atoms with Gasteiger partial charge in [0.1, 0.15) is 11.2 Å². The average molecular weight is 654 g/mol. The summed E-state index contributed by atoms with van der Waals surface area (Å²) < 4.78 is 6.78. The minimum atomic E-state index is -0.122. The van der Waals surface area contributed by atoms with Crippen LogP contribution in [-0.4, -0.2) is 0 Å². The molecule has 10 rings (SSSR count). The van der Waals surface area contributed by atoms with Crippen molar-refractivity contribution in [2.75, 3.05) is 4.90 Å². The predicted octanol–water partition coefficient (Wildman–Crippen LogP) is 13.8. The standard InChI is InChI=1S/C49H35NO/c1-49(2)42-21-12-11-19-38(42)39-29-28-36(30-43(39)49)50(35-26-24-33(25-27-35)32-14-5-3-6-15-32)44-22-13-23-45-48(44)47-40-20-10-9-18-37(40)41(31-46(47)51-45)34-16-7-4-8-17-34/h3-31H,1-2H3. The first kappa shape index (κ1) is 29.5. The molecule has 1 aliphatic rings. The topological polar surface area (TPSA) is 16.4 Å². The molecule has 8 aromatic carbocycles. The molecule has 1 aliphatic carbocycles. The molecule has 9 aromatic rings. The first-order chi connectivity index (χ1) is 25.1. The summed E-state index contributed by atoms with van der Waals surface area (Å²) >= 11 is 0. The number of nitrogens with zero attached hydrogens (tertiary/aromatic N) is 1. The molecule has 0 saturated heterocycles. The van der Waals surface area contributed by atoms with Gasteiger partial charge in [-0.15, -0.1) is 0 Å². The van der Waals surface area contributed by atoms with E-state index >= 15 is 0 Å². The molecule has 2 heteroatoms. The van der Waals surface area contributed by atoms with Gasteiger partial charge in [0.15, 0.2) is 0 Å². The van der Waals surface area contributed by atoms with Crippen LogP contribution in [0.5, 0.6) is 0 Å². The molecule has 2 nitrogen and oxygen atoms in total. The molecule has 0 bridgehead atoms. The zero-order valence-electron chi connectivity index (χ0n) is 28.6. The summed E-state index contributed by atoms with van der Waals surface area (Å²) in [4.78, 5) is 2.42. The maximum Gasteiger partial charge on any atom is 0.137 e. The summed E-state index contributed by atoms with van der Waals surface area (Å²) in [6.07, 6.45) is 0. The maximum absolute atomic E-state index is 6.78. The van der Waals surface area contributed by atoms with Crippen molar-refractivity contribution < 1.29 is 4.42 Å². The Bertz CT molecular complexity index is 2760. The van der Waals surface area contributed by atoms with Gasteiger partial charge >= 0.3 is 0 Å². The molecule has 242 valence electrons. The second kappa shape index (κ2) is 11.3. The van der Waals surface area contributed by atoms with Gasteiger partial charge in [0.2, 0.25) is 0 Å². The van der Waals surface area contributed by atoms with E-state index in [1.54, 1.807) is 0 Å². The lowest BCUT2D eigenvalue weighted by Crippen LogP contribution is -2.16. The highest BCUT2D eigenvalue weighted by Gasteiger charge is 2.36. The van der Waals surface area contributed by atoms with Crippen molar-refractivity contribution in [2.24, 2.45) is 0 Å². The van der Waals surface area contributed by atoms with Crippen LogP contribution in [0.3, 0.4) is 0 Å². The predicted molar refractivity (Wildman–Crippen MR) is 214 cm³/mol. The molecule has 1 aromatic heterocycles. The Labute approximate surface area is 297 Å². The highest BCUT2D eigenvalue weighted by Crippen LogP contribution is 2.52. The Kier molecular flexibility index (Phi) is 6.56. The molecule has 0 radical (unpaired) electrons. The largest absolute Gasteiger partial charge is 0.456 e. The zero-order chi connectivity index (χ0) is 34.1. The maximum atomic E-state index is 6.78. The van der Waals surface area contributed by atoms with E-state index in [0.717, 1.165) is 39.0 Å².